The Morgan fingerprint density at radius 2 is 1.47 bits per heavy atom. The molecule has 3 aromatic rings. The van der Waals surface area contributed by atoms with Gasteiger partial charge in [-0.05, 0) is 43.2 Å². The van der Waals surface area contributed by atoms with Gasteiger partial charge in [-0.15, -0.1) is 0 Å². The van der Waals surface area contributed by atoms with Crippen LogP contribution in [0.1, 0.15) is 30.5 Å². The van der Waals surface area contributed by atoms with Crippen molar-refractivity contribution in [3.63, 3.8) is 0 Å². The van der Waals surface area contributed by atoms with Crippen LogP contribution in [-0.4, -0.2) is 49.3 Å². The molecule has 0 aromatic heterocycles. The van der Waals surface area contributed by atoms with Gasteiger partial charge in [-0.1, -0.05) is 36.8 Å². The van der Waals surface area contributed by atoms with E-state index in [-0.39, 0.29) is 28.1 Å². The second-order valence-electron chi connectivity index (χ2n) is 8.51. The molecule has 38 heavy (non-hydrogen) atoms. The Kier molecular flexibility index (Phi) is 9.46. The van der Waals surface area contributed by atoms with Crippen LogP contribution in [0.2, 0.25) is 0 Å². The highest BCUT2D eigenvalue weighted by Crippen LogP contribution is 2.37. The van der Waals surface area contributed by atoms with E-state index in [2.05, 4.69) is 5.32 Å². The molecule has 0 unspecified atom stereocenters. The molecule has 0 spiro atoms. The molecule has 0 radical (unpaired) electrons. The van der Waals surface area contributed by atoms with E-state index in [1.165, 1.54) is 52.7 Å². The lowest BCUT2D eigenvalue weighted by molar-refractivity contribution is -0.120. The van der Waals surface area contributed by atoms with E-state index in [0.717, 1.165) is 15.4 Å². The molecule has 0 saturated heterocycles. The number of hydrogen-bond donors (Lipinski definition) is 1. The van der Waals surface area contributed by atoms with Crippen molar-refractivity contribution in [2.24, 2.45) is 0 Å². The smallest absolute Gasteiger partial charge is 0.265 e. The Balaban J connectivity index is 2.06. The van der Waals surface area contributed by atoms with Gasteiger partial charge >= 0.3 is 0 Å². The van der Waals surface area contributed by atoms with Crippen molar-refractivity contribution in [2.75, 3.05) is 39.3 Å². The number of ether oxygens (including phenoxy) is 4. The van der Waals surface area contributed by atoms with Gasteiger partial charge in [0.2, 0.25) is 5.91 Å². The maximum absolute atomic E-state index is 14.0. The molecule has 1 atom stereocenters. The third-order valence-electron chi connectivity index (χ3n) is 6.11. The lowest BCUT2D eigenvalue weighted by Gasteiger charge is -2.27. The number of rotatable bonds is 12. The standard InChI is InChI=1S/C28H34N2O7S/c1-7-23(20-10-8-19(2)9-11-20)29-28(31)18-30(24-16-21(34-3)12-14-25(24)35-4)38(32,33)22-13-15-26(36-5)27(17-22)37-6/h8-17,23H,7,18H2,1-6H3,(H,29,31)/t23-/m1/s1. The number of nitrogens with one attached hydrogen (secondary N) is 1. The van der Waals surface area contributed by atoms with Crippen molar-refractivity contribution >= 4 is 21.6 Å². The van der Waals surface area contributed by atoms with Gasteiger partial charge in [-0.25, -0.2) is 8.42 Å². The van der Waals surface area contributed by atoms with Crippen LogP contribution in [0, 0.1) is 6.92 Å². The summed E-state index contributed by atoms with van der Waals surface area (Å²) in [5, 5.41) is 2.97. The van der Waals surface area contributed by atoms with Gasteiger partial charge in [0, 0.05) is 12.1 Å². The molecule has 9 nitrogen and oxygen atoms in total. The van der Waals surface area contributed by atoms with Crippen molar-refractivity contribution in [3.05, 3.63) is 71.8 Å². The van der Waals surface area contributed by atoms with Crippen LogP contribution in [0.3, 0.4) is 0 Å². The number of aryl methyl sites for hydroxylation is 1. The van der Waals surface area contributed by atoms with E-state index in [1.807, 2.05) is 38.1 Å². The summed E-state index contributed by atoms with van der Waals surface area (Å²) in [6, 6.07) is 16.6. The molecular formula is C28H34N2O7S. The normalized spacial score (nSPS) is 11.8. The van der Waals surface area contributed by atoms with Crippen LogP contribution in [-0.2, 0) is 14.8 Å². The van der Waals surface area contributed by atoms with E-state index in [1.54, 1.807) is 12.1 Å². The molecule has 0 aliphatic heterocycles. The minimum atomic E-state index is -4.28. The monoisotopic (exact) mass is 542 g/mol. The molecule has 1 N–H and O–H groups in total. The highest BCUT2D eigenvalue weighted by Gasteiger charge is 2.31. The van der Waals surface area contributed by atoms with E-state index in [9.17, 15) is 13.2 Å². The van der Waals surface area contributed by atoms with Crippen molar-refractivity contribution in [3.8, 4) is 23.0 Å². The molecular weight excluding hydrogens is 508 g/mol. The maximum Gasteiger partial charge on any atom is 0.265 e. The Labute approximate surface area is 224 Å². The molecule has 1 amide bonds. The molecule has 0 aliphatic carbocycles. The number of benzene rings is 3. The van der Waals surface area contributed by atoms with Gasteiger partial charge in [-0.2, -0.15) is 0 Å². The minimum Gasteiger partial charge on any atom is -0.497 e. The van der Waals surface area contributed by atoms with Crippen molar-refractivity contribution in [2.45, 2.75) is 31.2 Å². The summed E-state index contributed by atoms with van der Waals surface area (Å²) in [7, 11) is 1.50. The minimum absolute atomic E-state index is 0.0848. The second-order valence-corrected chi connectivity index (χ2v) is 10.4. The fourth-order valence-electron chi connectivity index (χ4n) is 3.99. The summed E-state index contributed by atoms with van der Waals surface area (Å²) in [5.74, 6) is 0.791. The van der Waals surface area contributed by atoms with E-state index < -0.39 is 22.5 Å². The first-order valence-electron chi connectivity index (χ1n) is 12.0. The number of anilines is 1. The number of methoxy groups -OCH3 is 4. The van der Waals surface area contributed by atoms with Gasteiger partial charge in [0.1, 0.15) is 18.0 Å². The summed E-state index contributed by atoms with van der Waals surface area (Å²) < 4.78 is 50.4. The molecule has 0 bridgehead atoms. The first-order chi connectivity index (χ1) is 18.2. The van der Waals surface area contributed by atoms with E-state index in [0.29, 0.717) is 17.9 Å². The van der Waals surface area contributed by atoms with Crippen molar-refractivity contribution in [1.29, 1.82) is 0 Å². The fourth-order valence-corrected chi connectivity index (χ4v) is 5.43. The number of sulfonamides is 1. The molecule has 0 fully saturated rings. The Morgan fingerprint density at radius 1 is 0.842 bits per heavy atom. The van der Waals surface area contributed by atoms with Gasteiger partial charge in [0.15, 0.2) is 11.5 Å². The predicted molar refractivity (Wildman–Crippen MR) is 146 cm³/mol. The maximum atomic E-state index is 14.0. The van der Waals surface area contributed by atoms with Crippen LogP contribution in [0.25, 0.3) is 0 Å². The van der Waals surface area contributed by atoms with E-state index >= 15 is 0 Å². The Bertz CT molecular complexity index is 1360. The summed E-state index contributed by atoms with van der Waals surface area (Å²) >= 11 is 0. The zero-order valence-corrected chi connectivity index (χ0v) is 23.3. The largest absolute Gasteiger partial charge is 0.497 e. The highest BCUT2D eigenvalue weighted by atomic mass is 32.2. The summed E-state index contributed by atoms with van der Waals surface area (Å²) in [4.78, 5) is 13.3. The number of carbonyl (C=O) groups excluding carboxylic acids is 1. The average Bonchev–Trinajstić information content (AvgIpc) is 2.94. The third-order valence-corrected chi connectivity index (χ3v) is 7.86. The number of nitrogens with zero attached hydrogens (tertiary/aromatic N) is 1. The lowest BCUT2D eigenvalue weighted by atomic mass is 10.0. The second kappa shape index (κ2) is 12.6. The molecule has 0 saturated carbocycles. The topological polar surface area (TPSA) is 103 Å². The number of amides is 1. The molecule has 10 heteroatoms. The molecule has 0 heterocycles. The number of carbonyl (C=O) groups is 1. The molecule has 204 valence electrons. The SMILES string of the molecule is CC[C@@H](NC(=O)CN(c1cc(OC)ccc1OC)S(=O)(=O)c1ccc(OC)c(OC)c1)c1ccc(C)cc1. The fraction of sp³-hybridized carbons (Fsp3) is 0.321. The number of hydrogen-bond acceptors (Lipinski definition) is 7. The van der Waals surface area contributed by atoms with Gasteiger partial charge in [0.05, 0.1) is 45.1 Å². The van der Waals surface area contributed by atoms with Crippen LogP contribution < -0.4 is 28.6 Å². The molecule has 3 aromatic carbocycles. The molecule has 3 rings (SSSR count). The van der Waals surface area contributed by atoms with Crippen LogP contribution >= 0.6 is 0 Å². The van der Waals surface area contributed by atoms with Crippen LogP contribution in [0.15, 0.2) is 65.6 Å². The zero-order valence-electron chi connectivity index (χ0n) is 22.5. The average molecular weight is 543 g/mol. The molecule has 0 aliphatic rings. The predicted octanol–water partition coefficient (Wildman–Crippen LogP) is 4.49. The van der Waals surface area contributed by atoms with Crippen LogP contribution in [0.4, 0.5) is 5.69 Å². The summed E-state index contributed by atoms with van der Waals surface area (Å²) in [6.45, 7) is 3.44. The lowest BCUT2D eigenvalue weighted by Crippen LogP contribution is -2.42. The highest BCUT2D eigenvalue weighted by molar-refractivity contribution is 7.92. The van der Waals surface area contributed by atoms with Gasteiger partial charge < -0.3 is 24.3 Å². The summed E-state index contributed by atoms with van der Waals surface area (Å²) in [5.41, 5.74) is 2.19. The quantitative estimate of drug-likeness (QED) is 0.360. The zero-order chi connectivity index (χ0) is 27.9. The first-order valence-corrected chi connectivity index (χ1v) is 13.4. The van der Waals surface area contributed by atoms with Crippen LogP contribution in [0.5, 0.6) is 23.0 Å². The Hall–Kier alpha value is -3.92. The van der Waals surface area contributed by atoms with E-state index in [4.69, 9.17) is 18.9 Å². The van der Waals surface area contributed by atoms with Gasteiger partial charge in [-0.3, -0.25) is 9.10 Å². The Morgan fingerprint density at radius 3 is 2.05 bits per heavy atom. The van der Waals surface area contributed by atoms with Crippen molar-refractivity contribution < 1.29 is 32.2 Å². The van der Waals surface area contributed by atoms with Crippen molar-refractivity contribution in [1.82, 2.24) is 5.32 Å². The first kappa shape index (κ1) is 28.6. The summed E-state index contributed by atoms with van der Waals surface area (Å²) in [6.07, 6.45) is 0.625. The third kappa shape index (κ3) is 6.31. The van der Waals surface area contributed by atoms with Gasteiger partial charge in [0.25, 0.3) is 10.0 Å².